The molecule has 1 aliphatic carbocycles. The summed E-state index contributed by atoms with van der Waals surface area (Å²) in [6, 6.07) is 0. The molecule has 3 nitrogen and oxygen atoms in total. The fourth-order valence-electron chi connectivity index (χ4n) is 1.83. The second kappa shape index (κ2) is 5.04. The van der Waals surface area contributed by atoms with Crippen LogP contribution in [0.2, 0.25) is 0 Å². The SMILES string of the molecule is CC1(CSN2CCN(CCO)CC2)CC1. The minimum absolute atomic E-state index is 0.297. The normalized spacial score (nSPS) is 26.8. The Hall–Kier alpha value is 0.230. The third-order valence-corrected chi connectivity index (χ3v) is 5.00. The molecule has 0 aromatic carbocycles. The van der Waals surface area contributed by atoms with Gasteiger partial charge in [-0.15, -0.1) is 0 Å². The maximum absolute atomic E-state index is 8.84. The Labute approximate surface area is 96.9 Å². The molecule has 0 unspecified atom stereocenters. The second-order valence-electron chi connectivity index (χ2n) is 5.08. The fraction of sp³-hybridized carbons (Fsp3) is 1.00. The molecule has 0 aromatic heterocycles. The zero-order valence-electron chi connectivity index (χ0n) is 9.61. The second-order valence-corrected chi connectivity index (χ2v) is 6.14. The summed E-state index contributed by atoms with van der Waals surface area (Å²) in [5.74, 6) is 1.30. The van der Waals surface area contributed by atoms with E-state index in [1.807, 2.05) is 11.9 Å². The molecule has 2 rings (SSSR count). The number of hydrogen-bond donors (Lipinski definition) is 1. The van der Waals surface area contributed by atoms with Gasteiger partial charge in [-0.3, -0.25) is 4.90 Å². The van der Waals surface area contributed by atoms with Gasteiger partial charge >= 0.3 is 0 Å². The summed E-state index contributed by atoms with van der Waals surface area (Å²) in [4.78, 5) is 2.34. The molecule has 1 N–H and O–H groups in total. The van der Waals surface area contributed by atoms with Gasteiger partial charge in [0.1, 0.15) is 0 Å². The summed E-state index contributed by atoms with van der Waals surface area (Å²) in [5, 5.41) is 8.84. The summed E-state index contributed by atoms with van der Waals surface area (Å²) in [6.45, 7) is 8.07. The lowest BCUT2D eigenvalue weighted by molar-refractivity contribution is 0.156. The molecule has 0 bridgehead atoms. The lowest BCUT2D eigenvalue weighted by atomic mass is 10.2. The summed E-state index contributed by atoms with van der Waals surface area (Å²) in [6.07, 6.45) is 2.84. The predicted molar refractivity (Wildman–Crippen MR) is 64.9 cm³/mol. The van der Waals surface area contributed by atoms with Gasteiger partial charge in [0.2, 0.25) is 0 Å². The van der Waals surface area contributed by atoms with Gasteiger partial charge in [0.05, 0.1) is 6.61 Å². The van der Waals surface area contributed by atoms with Crippen LogP contribution in [0.5, 0.6) is 0 Å². The molecule has 0 radical (unpaired) electrons. The van der Waals surface area contributed by atoms with Gasteiger partial charge in [-0.2, -0.15) is 0 Å². The van der Waals surface area contributed by atoms with Gasteiger partial charge < -0.3 is 5.11 Å². The first-order valence-corrected chi connectivity index (χ1v) is 6.87. The molecular formula is C11H22N2OS. The number of aliphatic hydroxyl groups excluding tert-OH is 1. The Morgan fingerprint density at radius 2 is 1.87 bits per heavy atom. The van der Waals surface area contributed by atoms with Crippen LogP contribution in [-0.4, -0.2) is 59.4 Å². The predicted octanol–water partition coefficient (Wildman–Crippen LogP) is 1.04. The lowest BCUT2D eigenvalue weighted by Gasteiger charge is -2.33. The highest BCUT2D eigenvalue weighted by Gasteiger charge is 2.37. The van der Waals surface area contributed by atoms with E-state index < -0.39 is 0 Å². The van der Waals surface area contributed by atoms with Crippen molar-refractivity contribution in [1.29, 1.82) is 0 Å². The Bertz CT molecular complexity index is 201. The molecule has 0 spiro atoms. The number of β-amino-alcohol motifs (C(OH)–C–C–N with tert-alkyl or cyclic N) is 1. The Balaban J connectivity index is 1.60. The quantitative estimate of drug-likeness (QED) is 0.714. The smallest absolute Gasteiger partial charge is 0.0558 e. The first kappa shape index (κ1) is 11.7. The number of hydrogen-bond acceptors (Lipinski definition) is 4. The molecule has 2 aliphatic rings. The van der Waals surface area contributed by atoms with E-state index in [1.165, 1.54) is 18.6 Å². The van der Waals surface area contributed by atoms with E-state index in [1.54, 1.807) is 0 Å². The highest BCUT2D eigenvalue weighted by atomic mass is 32.2. The molecule has 0 aromatic rings. The maximum atomic E-state index is 8.84. The molecule has 4 heteroatoms. The molecule has 0 amide bonds. The third kappa shape index (κ3) is 3.63. The summed E-state index contributed by atoms with van der Waals surface area (Å²) < 4.78 is 2.50. The molecule has 0 atom stereocenters. The van der Waals surface area contributed by atoms with E-state index >= 15 is 0 Å². The molecule has 2 fully saturated rings. The van der Waals surface area contributed by atoms with Crippen LogP contribution in [0.25, 0.3) is 0 Å². The van der Waals surface area contributed by atoms with E-state index in [-0.39, 0.29) is 0 Å². The molecular weight excluding hydrogens is 208 g/mol. The van der Waals surface area contributed by atoms with Gasteiger partial charge in [0.25, 0.3) is 0 Å². The first-order chi connectivity index (χ1) is 7.22. The number of nitrogens with zero attached hydrogens (tertiary/aromatic N) is 2. The summed E-state index contributed by atoms with van der Waals surface area (Å²) >= 11 is 2.03. The Morgan fingerprint density at radius 1 is 1.20 bits per heavy atom. The van der Waals surface area contributed by atoms with Crippen LogP contribution in [-0.2, 0) is 0 Å². The summed E-state index contributed by atoms with van der Waals surface area (Å²) in [7, 11) is 0. The maximum Gasteiger partial charge on any atom is 0.0558 e. The van der Waals surface area contributed by atoms with Crippen molar-refractivity contribution in [2.45, 2.75) is 19.8 Å². The van der Waals surface area contributed by atoms with E-state index in [0.29, 0.717) is 12.0 Å². The zero-order chi connectivity index (χ0) is 10.7. The minimum Gasteiger partial charge on any atom is -0.395 e. The molecule has 1 saturated heterocycles. The number of piperazine rings is 1. The third-order valence-electron chi connectivity index (χ3n) is 3.45. The molecule has 1 aliphatic heterocycles. The van der Waals surface area contributed by atoms with Gasteiger partial charge in [-0.05, 0) is 18.3 Å². The monoisotopic (exact) mass is 230 g/mol. The van der Waals surface area contributed by atoms with Gasteiger partial charge in [0.15, 0.2) is 0 Å². The highest BCUT2D eigenvalue weighted by molar-refractivity contribution is 7.97. The zero-order valence-corrected chi connectivity index (χ0v) is 10.4. The van der Waals surface area contributed by atoms with Crippen LogP contribution in [0, 0.1) is 5.41 Å². The van der Waals surface area contributed by atoms with Crippen molar-refractivity contribution < 1.29 is 5.11 Å². The molecule has 1 saturated carbocycles. The van der Waals surface area contributed by atoms with Crippen LogP contribution in [0.1, 0.15) is 19.8 Å². The standard InChI is InChI=1S/C11H22N2OS/c1-11(2-3-11)10-15-13-6-4-12(5-7-13)8-9-14/h14H,2-10H2,1H3. The number of aliphatic hydroxyl groups is 1. The molecule has 1 heterocycles. The van der Waals surface area contributed by atoms with Crippen LogP contribution >= 0.6 is 11.9 Å². The average molecular weight is 230 g/mol. The highest BCUT2D eigenvalue weighted by Crippen LogP contribution is 2.47. The van der Waals surface area contributed by atoms with Gasteiger partial charge in [0, 0.05) is 38.5 Å². The molecule has 15 heavy (non-hydrogen) atoms. The first-order valence-electron chi connectivity index (χ1n) is 5.93. The van der Waals surface area contributed by atoms with Crippen molar-refractivity contribution in [2.24, 2.45) is 5.41 Å². The minimum atomic E-state index is 0.297. The average Bonchev–Trinajstić information content (AvgIpc) is 2.97. The van der Waals surface area contributed by atoms with E-state index in [9.17, 15) is 0 Å². The van der Waals surface area contributed by atoms with E-state index in [0.717, 1.165) is 32.7 Å². The van der Waals surface area contributed by atoms with E-state index in [4.69, 9.17) is 5.11 Å². The fourth-order valence-corrected chi connectivity index (χ4v) is 3.03. The van der Waals surface area contributed by atoms with Crippen molar-refractivity contribution in [3.8, 4) is 0 Å². The van der Waals surface area contributed by atoms with Gasteiger partial charge in [-0.1, -0.05) is 18.9 Å². The Kier molecular flexibility index (Phi) is 3.93. The van der Waals surface area contributed by atoms with Crippen LogP contribution in [0.4, 0.5) is 0 Å². The molecule has 88 valence electrons. The number of rotatable bonds is 5. The van der Waals surface area contributed by atoms with E-state index in [2.05, 4.69) is 16.1 Å². The van der Waals surface area contributed by atoms with Crippen LogP contribution < -0.4 is 0 Å². The largest absolute Gasteiger partial charge is 0.395 e. The summed E-state index contributed by atoms with van der Waals surface area (Å²) in [5.41, 5.74) is 0.660. The van der Waals surface area contributed by atoms with Crippen LogP contribution in [0.15, 0.2) is 0 Å². The topological polar surface area (TPSA) is 26.7 Å². The Morgan fingerprint density at radius 3 is 2.40 bits per heavy atom. The van der Waals surface area contributed by atoms with Crippen molar-refractivity contribution >= 4 is 11.9 Å². The van der Waals surface area contributed by atoms with Crippen molar-refractivity contribution in [1.82, 2.24) is 9.21 Å². The van der Waals surface area contributed by atoms with Crippen molar-refractivity contribution in [3.63, 3.8) is 0 Å². The van der Waals surface area contributed by atoms with Crippen molar-refractivity contribution in [2.75, 3.05) is 45.1 Å². The van der Waals surface area contributed by atoms with Crippen LogP contribution in [0.3, 0.4) is 0 Å². The lowest BCUT2D eigenvalue weighted by Crippen LogP contribution is -2.44. The van der Waals surface area contributed by atoms with Crippen molar-refractivity contribution in [3.05, 3.63) is 0 Å². The van der Waals surface area contributed by atoms with Gasteiger partial charge in [-0.25, -0.2) is 4.31 Å².